The fourth-order valence-corrected chi connectivity index (χ4v) is 3.12. The Balaban J connectivity index is 1.94. The molecule has 0 spiro atoms. The van der Waals surface area contributed by atoms with E-state index in [1.807, 2.05) is 30.3 Å². The first-order chi connectivity index (χ1) is 11.5. The quantitative estimate of drug-likeness (QED) is 0.672. The summed E-state index contributed by atoms with van der Waals surface area (Å²) in [5.41, 5.74) is 6.89. The van der Waals surface area contributed by atoms with E-state index in [2.05, 4.69) is 4.72 Å². The molecule has 2 rings (SSSR count). The van der Waals surface area contributed by atoms with Gasteiger partial charge in [0.2, 0.25) is 10.0 Å². The molecule has 0 bridgehead atoms. The molecule has 2 aromatic carbocycles. The second-order valence-corrected chi connectivity index (χ2v) is 6.95. The third kappa shape index (κ3) is 5.31. The number of ether oxygens (including phenoxy) is 2. The zero-order valence-electron chi connectivity index (χ0n) is 13.5. The molecule has 0 saturated carbocycles. The highest BCUT2D eigenvalue weighted by Crippen LogP contribution is 2.16. The molecule has 3 N–H and O–H groups in total. The average Bonchev–Trinajstić information content (AvgIpc) is 2.61. The maximum absolute atomic E-state index is 12.3. The molecule has 0 aliphatic carbocycles. The zero-order chi connectivity index (χ0) is 17.4. The highest BCUT2D eigenvalue weighted by atomic mass is 32.2. The third-order valence-corrected chi connectivity index (χ3v) is 4.85. The number of rotatable bonds is 9. The highest BCUT2D eigenvalue weighted by Gasteiger charge is 2.16. The van der Waals surface area contributed by atoms with Crippen LogP contribution in [0.25, 0.3) is 0 Å². The third-order valence-electron chi connectivity index (χ3n) is 3.41. The Kier molecular flexibility index (Phi) is 6.74. The van der Waals surface area contributed by atoms with Crippen LogP contribution in [0.1, 0.15) is 11.6 Å². The lowest BCUT2D eigenvalue weighted by Crippen LogP contribution is -2.31. The van der Waals surface area contributed by atoms with Crippen LogP contribution in [0, 0.1) is 0 Å². The summed E-state index contributed by atoms with van der Waals surface area (Å²) in [4.78, 5) is 0.168. The van der Waals surface area contributed by atoms with E-state index in [1.54, 1.807) is 19.2 Å². The van der Waals surface area contributed by atoms with Crippen LogP contribution in [-0.4, -0.2) is 35.3 Å². The molecule has 0 fully saturated rings. The molecule has 0 heterocycles. The van der Waals surface area contributed by atoms with Crippen LogP contribution in [0.4, 0.5) is 0 Å². The van der Waals surface area contributed by atoms with E-state index < -0.39 is 16.1 Å². The van der Waals surface area contributed by atoms with Gasteiger partial charge in [0.1, 0.15) is 12.4 Å². The van der Waals surface area contributed by atoms with Crippen molar-refractivity contribution in [1.82, 2.24) is 4.72 Å². The van der Waals surface area contributed by atoms with Crippen LogP contribution in [0.15, 0.2) is 59.5 Å². The first kappa shape index (κ1) is 18.4. The van der Waals surface area contributed by atoms with Gasteiger partial charge in [0, 0.05) is 19.7 Å². The van der Waals surface area contributed by atoms with Gasteiger partial charge in [-0.15, -0.1) is 0 Å². The molecule has 1 unspecified atom stereocenters. The minimum atomic E-state index is -3.62. The first-order valence-electron chi connectivity index (χ1n) is 7.55. The number of hydrogen-bond donors (Lipinski definition) is 2. The van der Waals surface area contributed by atoms with E-state index >= 15 is 0 Å². The molecule has 1 atom stereocenters. The number of nitrogens with two attached hydrogens (primary N) is 1. The molecule has 0 saturated heterocycles. The minimum absolute atomic E-state index is 0.123. The molecule has 2 aromatic rings. The average molecular weight is 350 g/mol. The number of hydrogen-bond acceptors (Lipinski definition) is 5. The summed E-state index contributed by atoms with van der Waals surface area (Å²) in [5.74, 6) is 0.590. The monoisotopic (exact) mass is 350 g/mol. The van der Waals surface area contributed by atoms with Crippen molar-refractivity contribution in [3.05, 3.63) is 60.2 Å². The van der Waals surface area contributed by atoms with Crippen molar-refractivity contribution in [1.29, 1.82) is 0 Å². The predicted octanol–water partition coefficient (Wildman–Crippen LogP) is 1.69. The lowest BCUT2D eigenvalue weighted by Gasteiger charge is -2.14. The normalized spacial score (nSPS) is 12.8. The van der Waals surface area contributed by atoms with Gasteiger partial charge in [-0.3, -0.25) is 0 Å². The van der Waals surface area contributed by atoms with Crippen LogP contribution in [-0.2, 0) is 14.8 Å². The van der Waals surface area contributed by atoms with Crippen LogP contribution in [0.3, 0.4) is 0 Å². The highest BCUT2D eigenvalue weighted by molar-refractivity contribution is 7.89. The van der Waals surface area contributed by atoms with Gasteiger partial charge in [-0.2, -0.15) is 0 Å². The SMILES string of the molecule is COCCOc1ccc(S(=O)(=O)NCC(N)c2ccccc2)cc1. The maximum Gasteiger partial charge on any atom is 0.240 e. The Bertz CT molecular complexity index is 718. The second-order valence-electron chi connectivity index (χ2n) is 5.18. The van der Waals surface area contributed by atoms with Crippen molar-refractivity contribution in [3.63, 3.8) is 0 Å². The summed E-state index contributed by atoms with van der Waals surface area (Å²) in [6.45, 7) is 1.00. The van der Waals surface area contributed by atoms with Gasteiger partial charge in [0.15, 0.2) is 0 Å². The zero-order valence-corrected chi connectivity index (χ0v) is 14.3. The van der Waals surface area contributed by atoms with Gasteiger partial charge >= 0.3 is 0 Å². The van der Waals surface area contributed by atoms with Gasteiger partial charge < -0.3 is 15.2 Å². The fraction of sp³-hybridized carbons (Fsp3) is 0.294. The van der Waals surface area contributed by atoms with E-state index in [4.69, 9.17) is 15.2 Å². The molecule has 0 radical (unpaired) electrons. The van der Waals surface area contributed by atoms with Crippen molar-refractivity contribution in [3.8, 4) is 5.75 Å². The van der Waals surface area contributed by atoms with E-state index in [0.29, 0.717) is 19.0 Å². The van der Waals surface area contributed by atoms with Gasteiger partial charge in [-0.25, -0.2) is 13.1 Å². The summed E-state index contributed by atoms with van der Waals surface area (Å²) in [6.07, 6.45) is 0. The Morgan fingerprint density at radius 2 is 1.71 bits per heavy atom. The van der Waals surface area contributed by atoms with Gasteiger partial charge in [0.25, 0.3) is 0 Å². The summed E-state index contributed by atoms with van der Waals surface area (Å²) < 4.78 is 37.5. The van der Waals surface area contributed by atoms with Crippen LogP contribution >= 0.6 is 0 Å². The van der Waals surface area contributed by atoms with Crippen molar-refractivity contribution in [2.24, 2.45) is 5.73 Å². The minimum Gasteiger partial charge on any atom is -0.491 e. The van der Waals surface area contributed by atoms with Crippen molar-refractivity contribution >= 4 is 10.0 Å². The molecule has 7 heteroatoms. The lowest BCUT2D eigenvalue weighted by atomic mass is 10.1. The smallest absolute Gasteiger partial charge is 0.240 e. The topological polar surface area (TPSA) is 90.6 Å². The van der Waals surface area contributed by atoms with Gasteiger partial charge in [0.05, 0.1) is 11.5 Å². The summed E-state index contributed by atoms with van der Waals surface area (Å²) in [7, 11) is -2.03. The van der Waals surface area contributed by atoms with Crippen molar-refractivity contribution < 1.29 is 17.9 Å². The molecule has 0 aromatic heterocycles. The van der Waals surface area contributed by atoms with Crippen LogP contribution in [0.2, 0.25) is 0 Å². The number of nitrogens with one attached hydrogen (secondary N) is 1. The van der Waals surface area contributed by atoms with Crippen LogP contribution in [0.5, 0.6) is 5.75 Å². The largest absolute Gasteiger partial charge is 0.491 e. The molecular formula is C17H22N2O4S. The fourth-order valence-electron chi connectivity index (χ4n) is 2.06. The molecule has 24 heavy (non-hydrogen) atoms. The van der Waals surface area contributed by atoms with Gasteiger partial charge in [-0.1, -0.05) is 30.3 Å². The Morgan fingerprint density at radius 1 is 1.04 bits per heavy atom. The summed E-state index contributed by atoms with van der Waals surface area (Å²) in [5, 5.41) is 0. The molecule has 6 nitrogen and oxygen atoms in total. The molecule has 130 valence electrons. The summed E-state index contributed by atoms with van der Waals surface area (Å²) in [6, 6.07) is 15.2. The van der Waals surface area contributed by atoms with Gasteiger partial charge in [-0.05, 0) is 29.8 Å². The Labute approximate surface area is 142 Å². The van der Waals surface area contributed by atoms with E-state index in [9.17, 15) is 8.42 Å². The Morgan fingerprint density at radius 3 is 2.33 bits per heavy atom. The number of benzene rings is 2. The molecule has 0 aliphatic heterocycles. The number of sulfonamides is 1. The first-order valence-corrected chi connectivity index (χ1v) is 9.03. The van der Waals surface area contributed by atoms with Crippen LogP contribution < -0.4 is 15.2 Å². The van der Waals surface area contributed by atoms with E-state index in [-0.39, 0.29) is 11.4 Å². The maximum atomic E-state index is 12.3. The lowest BCUT2D eigenvalue weighted by molar-refractivity contribution is 0.146. The molecule has 0 amide bonds. The number of methoxy groups -OCH3 is 1. The van der Waals surface area contributed by atoms with Crippen molar-refractivity contribution in [2.45, 2.75) is 10.9 Å². The predicted molar refractivity (Wildman–Crippen MR) is 92.4 cm³/mol. The standard InChI is InChI=1S/C17H22N2O4S/c1-22-11-12-23-15-7-9-16(10-8-15)24(20,21)19-13-17(18)14-5-3-2-4-6-14/h2-10,17,19H,11-13,18H2,1H3. The summed E-state index contributed by atoms with van der Waals surface area (Å²) >= 11 is 0. The van der Waals surface area contributed by atoms with E-state index in [0.717, 1.165) is 5.56 Å². The molecule has 0 aliphatic rings. The molecular weight excluding hydrogens is 328 g/mol. The second kappa shape index (κ2) is 8.79. The Hall–Kier alpha value is -1.93. The van der Waals surface area contributed by atoms with Crippen molar-refractivity contribution in [2.75, 3.05) is 26.9 Å². The van der Waals surface area contributed by atoms with E-state index in [1.165, 1.54) is 12.1 Å².